The van der Waals surface area contributed by atoms with Crippen LogP contribution in [0.25, 0.3) is 0 Å². The van der Waals surface area contributed by atoms with Crippen molar-refractivity contribution < 1.29 is 19.0 Å². The summed E-state index contributed by atoms with van der Waals surface area (Å²) in [6.07, 6.45) is 4.57. The number of amides is 1. The molecule has 1 aliphatic rings. The molecule has 1 aliphatic carbocycles. The van der Waals surface area contributed by atoms with Crippen molar-refractivity contribution in [1.29, 1.82) is 0 Å². The number of nitrogens with zero attached hydrogens (tertiary/aromatic N) is 1. The van der Waals surface area contributed by atoms with Gasteiger partial charge in [-0.2, -0.15) is 0 Å². The molecule has 5 nitrogen and oxygen atoms in total. The highest BCUT2D eigenvalue weighted by Gasteiger charge is 2.31. The van der Waals surface area contributed by atoms with E-state index in [1.54, 1.807) is 21.3 Å². The van der Waals surface area contributed by atoms with E-state index < -0.39 is 0 Å². The molecule has 5 heteroatoms. The molecule has 0 saturated heterocycles. The first kappa shape index (κ1) is 17.4. The van der Waals surface area contributed by atoms with Crippen molar-refractivity contribution in [2.24, 2.45) is 0 Å². The molecule has 0 bridgehead atoms. The lowest BCUT2D eigenvalue weighted by Gasteiger charge is -2.23. The zero-order valence-electron chi connectivity index (χ0n) is 14.6. The Morgan fingerprint density at radius 1 is 1.13 bits per heavy atom. The topological polar surface area (TPSA) is 48.0 Å². The molecule has 1 fully saturated rings. The average Bonchev–Trinajstić information content (AvgIpc) is 3.39. The third kappa shape index (κ3) is 4.30. The highest BCUT2D eigenvalue weighted by atomic mass is 16.5. The van der Waals surface area contributed by atoms with Crippen molar-refractivity contribution in [2.75, 3.05) is 27.9 Å². The molecule has 23 heavy (non-hydrogen) atoms. The molecule has 0 N–H and O–H groups in total. The minimum atomic E-state index is 0.266. The normalized spacial score (nSPS) is 13.6. The first-order chi connectivity index (χ1) is 11.1. The van der Waals surface area contributed by atoms with E-state index >= 15 is 0 Å². The Labute approximate surface area is 138 Å². The SMILES string of the molecule is CCCC(=O)N(CCc1cc(OC)c(OC)c(OC)c1)C1CC1. The minimum Gasteiger partial charge on any atom is -0.493 e. The molecule has 0 radical (unpaired) electrons. The molecule has 128 valence electrons. The number of carbonyl (C=O) groups is 1. The molecule has 2 rings (SSSR count). The maximum Gasteiger partial charge on any atom is 0.222 e. The summed E-state index contributed by atoms with van der Waals surface area (Å²) in [5.41, 5.74) is 1.08. The van der Waals surface area contributed by atoms with Crippen LogP contribution in [-0.4, -0.2) is 44.7 Å². The van der Waals surface area contributed by atoms with Crippen LogP contribution in [0.15, 0.2) is 12.1 Å². The molecule has 0 atom stereocenters. The molecule has 1 amide bonds. The highest BCUT2D eigenvalue weighted by molar-refractivity contribution is 5.76. The Hall–Kier alpha value is -1.91. The van der Waals surface area contributed by atoms with E-state index in [9.17, 15) is 4.79 Å². The smallest absolute Gasteiger partial charge is 0.222 e. The summed E-state index contributed by atoms with van der Waals surface area (Å²) in [5, 5.41) is 0. The molecular weight excluding hydrogens is 294 g/mol. The van der Waals surface area contributed by atoms with E-state index in [0.29, 0.717) is 29.7 Å². The second-order valence-corrected chi connectivity index (χ2v) is 5.85. The van der Waals surface area contributed by atoms with Gasteiger partial charge in [0.15, 0.2) is 11.5 Å². The van der Waals surface area contributed by atoms with Gasteiger partial charge in [-0.15, -0.1) is 0 Å². The van der Waals surface area contributed by atoms with Crippen LogP contribution in [0.2, 0.25) is 0 Å². The van der Waals surface area contributed by atoms with Gasteiger partial charge < -0.3 is 19.1 Å². The van der Waals surface area contributed by atoms with Gasteiger partial charge >= 0.3 is 0 Å². The fraction of sp³-hybridized carbons (Fsp3) is 0.611. The predicted octanol–water partition coefficient (Wildman–Crippen LogP) is 3.05. The number of hydrogen-bond acceptors (Lipinski definition) is 4. The molecule has 1 aromatic rings. The van der Waals surface area contributed by atoms with Crippen LogP contribution in [0.3, 0.4) is 0 Å². The van der Waals surface area contributed by atoms with E-state index in [1.165, 1.54) is 0 Å². The van der Waals surface area contributed by atoms with E-state index in [1.807, 2.05) is 24.0 Å². The molecule has 1 aromatic carbocycles. The Balaban J connectivity index is 2.11. The molecule has 1 saturated carbocycles. The number of methoxy groups -OCH3 is 3. The van der Waals surface area contributed by atoms with Crippen molar-refractivity contribution in [3.63, 3.8) is 0 Å². The Bertz CT molecular complexity index is 515. The van der Waals surface area contributed by atoms with Gasteiger partial charge in [-0.1, -0.05) is 6.92 Å². The van der Waals surface area contributed by atoms with Gasteiger partial charge in [-0.3, -0.25) is 4.79 Å². The Morgan fingerprint density at radius 3 is 2.17 bits per heavy atom. The van der Waals surface area contributed by atoms with Gasteiger partial charge in [-0.25, -0.2) is 0 Å². The number of ether oxygens (including phenoxy) is 3. The fourth-order valence-corrected chi connectivity index (χ4v) is 2.78. The highest BCUT2D eigenvalue weighted by Crippen LogP contribution is 2.38. The van der Waals surface area contributed by atoms with Crippen LogP contribution in [0.4, 0.5) is 0 Å². The zero-order chi connectivity index (χ0) is 16.8. The lowest BCUT2D eigenvalue weighted by molar-refractivity contribution is -0.131. The van der Waals surface area contributed by atoms with Gasteiger partial charge in [0.1, 0.15) is 0 Å². The fourth-order valence-electron chi connectivity index (χ4n) is 2.78. The van der Waals surface area contributed by atoms with Crippen molar-refractivity contribution in [2.45, 2.75) is 45.1 Å². The summed E-state index contributed by atoms with van der Waals surface area (Å²) in [7, 11) is 4.82. The van der Waals surface area contributed by atoms with Gasteiger partial charge in [0.2, 0.25) is 11.7 Å². The van der Waals surface area contributed by atoms with Crippen molar-refractivity contribution in [1.82, 2.24) is 4.90 Å². The lowest BCUT2D eigenvalue weighted by atomic mass is 10.1. The molecule has 0 aliphatic heterocycles. The number of rotatable bonds is 9. The summed E-state index contributed by atoms with van der Waals surface area (Å²) in [6, 6.07) is 4.35. The molecule has 0 spiro atoms. The van der Waals surface area contributed by atoms with Crippen molar-refractivity contribution in [3.05, 3.63) is 17.7 Å². The molecular formula is C18H27NO4. The molecule has 0 aromatic heterocycles. The Morgan fingerprint density at radius 2 is 1.74 bits per heavy atom. The first-order valence-electron chi connectivity index (χ1n) is 8.22. The van der Waals surface area contributed by atoms with Gasteiger partial charge in [-0.05, 0) is 43.4 Å². The van der Waals surface area contributed by atoms with Gasteiger partial charge in [0.05, 0.1) is 21.3 Å². The van der Waals surface area contributed by atoms with E-state index in [0.717, 1.165) is 37.8 Å². The summed E-state index contributed by atoms with van der Waals surface area (Å²) in [6.45, 7) is 2.78. The maximum atomic E-state index is 12.2. The number of carbonyl (C=O) groups excluding carboxylic acids is 1. The quantitative estimate of drug-likeness (QED) is 0.701. The van der Waals surface area contributed by atoms with E-state index in [-0.39, 0.29) is 5.91 Å². The maximum absolute atomic E-state index is 12.2. The van der Waals surface area contributed by atoms with Crippen molar-refractivity contribution >= 4 is 5.91 Å². The van der Waals surface area contributed by atoms with Crippen LogP contribution in [0, 0.1) is 0 Å². The summed E-state index contributed by atoms with van der Waals surface area (Å²) in [4.78, 5) is 14.3. The van der Waals surface area contributed by atoms with Gasteiger partial charge in [0.25, 0.3) is 0 Å². The summed E-state index contributed by atoms with van der Waals surface area (Å²) in [5.74, 6) is 2.17. The second kappa shape index (κ2) is 8.09. The van der Waals surface area contributed by atoms with E-state index in [4.69, 9.17) is 14.2 Å². The second-order valence-electron chi connectivity index (χ2n) is 5.85. The third-order valence-corrected chi connectivity index (χ3v) is 4.14. The average molecular weight is 321 g/mol. The largest absolute Gasteiger partial charge is 0.493 e. The zero-order valence-corrected chi connectivity index (χ0v) is 14.6. The van der Waals surface area contributed by atoms with Gasteiger partial charge in [0, 0.05) is 19.0 Å². The van der Waals surface area contributed by atoms with Crippen molar-refractivity contribution in [3.8, 4) is 17.2 Å². The van der Waals surface area contributed by atoms with Crippen LogP contribution in [0.5, 0.6) is 17.2 Å². The minimum absolute atomic E-state index is 0.266. The Kier molecular flexibility index (Phi) is 6.13. The van der Waals surface area contributed by atoms with E-state index in [2.05, 4.69) is 0 Å². The predicted molar refractivity (Wildman–Crippen MR) is 89.4 cm³/mol. The monoisotopic (exact) mass is 321 g/mol. The van der Waals surface area contributed by atoms with Crippen LogP contribution >= 0.6 is 0 Å². The summed E-state index contributed by atoms with van der Waals surface area (Å²) < 4.78 is 16.1. The number of benzene rings is 1. The summed E-state index contributed by atoms with van der Waals surface area (Å²) >= 11 is 0. The molecule has 0 unspecified atom stereocenters. The first-order valence-corrected chi connectivity index (χ1v) is 8.22. The van der Waals surface area contributed by atoms with Crippen LogP contribution in [0.1, 0.15) is 38.2 Å². The molecule has 0 heterocycles. The number of hydrogen-bond donors (Lipinski definition) is 0. The third-order valence-electron chi connectivity index (χ3n) is 4.14. The van der Waals surface area contributed by atoms with Crippen LogP contribution < -0.4 is 14.2 Å². The standard InChI is InChI=1S/C18H27NO4/c1-5-6-17(20)19(14-7-8-14)10-9-13-11-15(21-2)18(23-4)16(12-13)22-3/h11-12,14H,5-10H2,1-4H3. The van der Waals surface area contributed by atoms with Crippen LogP contribution in [-0.2, 0) is 11.2 Å². The lowest BCUT2D eigenvalue weighted by Crippen LogP contribution is -2.34.